The van der Waals surface area contributed by atoms with Gasteiger partial charge in [0.2, 0.25) is 6.41 Å². The van der Waals surface area contributed by atoms with E-state index >= 15 is 0 Å². The predicted octanol–water partition coefficient (Wildman–Crippen LogP) is 10.1. The van der Waals surface area contributed by atoms with Gasteiger partial charge in [0.25, 0.3) is 5.91 Å². The van der Waals surface area contributed by atoms with Gasteiger partial charge in [-0.15, -0.1) is 11.8 Å². The molecule has 2 aliphatic rings. The highest BCUT2D eigenvalue weighted by Gasteiger charge is 2.23. The van der Waals surface area contributed by atoms with E-state index in [0.717, 1.165) is 114 Å². The minimum absolute atomic E-state index is 0.0739. The van der Waals surface area contributed by atoms with Gasteiger partial charge in [-0.05, 0) is 117 Å². The van der Waals surface area contributed by atoms with Gasteiger partial charge in [-0.25, -0.2) is 0 Å². The van der Waals surface area contributed by atoms with E-state index in [1.54, 1.807) is 36.8 Å². The van der Waals surface area contributed by atoms with Gasteiger partial charge in [-0.1, -0.05) is 76.1 Å². The lowest BCUT2D eigenvalue weighted by Gasteiger charge is -2.36. The number of carbonyl (C=O) groups is 4. The largest absolute Gasteiger partial charge is 0.489 e. The molecular weight excluding hydrogens is 889 g/mol. The summed E-state index contributed by atoms with van der Waals surface area (Å²) in [5.41, 5.74) is 6.37. The zero-order chi connectivity index (χ0) is 45.7. The normalized spacial score (nSPS) is 15.7. The number of nitrogens with one attached hydrogen (secondary N) is 1. The van der Waals surface area contributed by atoms with Crippen LogP contribution in [0.4, 0.5) is 5.69 Å². The quantitative estimate of drug-likeness (QED) is 0.0378. The molecule has 10 nitrogen and oxygen atoms in total. The maximum atomic E-state index is 13.2. The molecule has 0 radical (unpaired) electrons. The third-order valence-electron chi connectivity index (χ3n) is 11.4. The Hall–Kier alpha value is -5.43. The maximum absolute atomic E-state index is 13.2. The van der Waals surface area contributed by atoms with E-state index in [4.69, 9.17) is 14.3 Å². The molecule has 1 aliphatic heterocycles. The highest BCUT2D eigenvalue weighted by atomic mass is 79.9. The molecule has 0 saturated carbocycles. The maximum Gasteiger partial charge on any atom is 0.254 e. The fourth-order valence-corrected chi connectivity index (χ4v) is 8.52. The average molecular weight is 950 g/mol. The molecule has 2 amide bonds. The SMILES string of the molecule is CNC=O.CS/C(=C(/OC1C=CC(CCCCN2CCN(c3ccc(C(=O)N(C)C(C)CCC=O)c(C=O)c3)CC2)=CC1)c1ccc(OCc2ccccc2)cc1)c1ccc(Br)cc1. The summed E-state index contributed by atoms with van der Waals surface area (Å²) in [7, 11) is 3.29. The van der Waals surface area contributed by atoms with Crippen molar-refractivity contribution in [1.82, 2.24) is 15.1 Å². The van der Waals surface area contributed by atoms with Crippen LogP contribution in [0.1, 0.15) is 82.9 Å². The lowest BCUT2D eigenvalue weighted by molar-refractivity contribution is -0.109. The number of nitrogens with zero attached hydrogens (tertiary/aromatic N) is 3. The van der Waals surface area contributed by atoms with Crippen LogP contribution >= 0.6 is 27.7 Å². The monoisotopic (exact) mass is 948 g/mol. The van der Waals surface area contributed by atoms with Crippen LogP contribution in [0.2, 0.25) is 0 Å². The number of piperazine rings is 1. The number of unbranched alkanes of at least 4 members (excludes halogenated alkanes) is 1. The Morgan fingerprint density at radius 1 is 0.938 bits per heavy atom. The van der Waals surface area contributed by atoms with Crippen molar-refractivity contribution < 1.29 is 28.7 Å². The molecule has 12 heteroatoms. The second-order valence-corrected chi connectivity index (χ2v) is 17.5. The standard InChI is InChI=1S/C50H56BrN3O5S.C2H5NO/c1-37(10-9-33-55)52(2)50(57)47-27-22-44(34-42(47)35-56)54-31-29-53(30-32-54)28-8-7-11-38-14-23-46(24-15-38)59-48(49(60-3)41-16-20-43(51)21-17-41)40-18-25-45(26-19-40)58-36-39-12-5-4-6-13-39;1-3-2-4/h4-6,12-23,25-27,33-35,37,46H,7-11,24,28-32,36H2,1-3H3;2H,1H3,(H,3,4)/b49-48+;. The average Bonchev–Trinajstić information content (AvgIpc) is 3.34. The summed E-state index contributed by atoms with van der Waals surface area (Å²) < 4.78 is 14.0. The summed E-state index contributed by atoms with van der Waals surface area (Å²) in [4.78, 5) is 52.6. The third kappa shape index (κ3) is 14.8. The second-order valence-electron chi connectivity index (χ2n) is 15.8. The minimum atomic E-state index is -0.202. The number of aldehydes is 2. The number of allylic oxidation sites excluding steroid dienone is 2. The molecule has 0 spiro atoms. The van der Waals surface area contributed by atoms with E-state index < -0.39 is 0 Å². The summed E-state index contributed by atoms with van der Waals surface area (Å²) in [6.07, 6.45) is 16.1. The number of carbonyl (C=O) groups excluding carboxylic acids is 4. The number of hydrogen-bond acceptors (Lipinski definition) is 9. The van der Waals surface area contributed by atoms with E-state index in [2.05, 4.69) is 104 Å². The summed E-state index contributed by atoms with van der Waals surface area (Å²) in [5.74, 6) is 1.48. The lowest BCUT2D eigenvalue weighted by atomic mass is 10.00. The molecule has 338 valence electrons. The van der Waals surface area contributed by atoms with Gasteiger partial charge >= 0.3 is 0 Å². The molecule has 0 bridgehead atoms. The molecule has 1 N–H and O–H groups in total. The van der Waals surface area contributed by atoms with Crippen molar-refractivity contribution in [2.45, 2.75) is 64.2 Å². The Morgan fingerprint density at radius 3 is 2.27 bits per heavy atom. The van der Waals surface area contributed by atoms with Gasteiger partial charge in [-0.2, -0.15) is 0 Å². The third-order valence-corrected chi connectivity index (χ3v) is 12.8. The van der Waals surface area contributed by atoms with Gasteiger partial charge in [0, 0.05) is 80.4 Å². The fourth-order valence-electron chi connectivity index (χ4n) is 7.53. The number of hydrogen-bond donors (Lipinski definition) is 1. The Morgan fingerprint density at radius 2 is 1.64 bits per heavy atom. The number of halogens is 1. The van der Waals surface area contributed by atoms with Crippen LogP contribution in [0.3, 0.4) is 0 Å². The van der Waals surface area contributed by atoms with Crippen molar-refractivity contribution in [2.24, 2.45) is 0 Å². The number of thioether (sulfide) groups is 1. The first kappa shape index (κ1) is 49.6. The van der Waals surface area contributed by atoms with Crippen LogP contribution in [0.15, 0.2) is 125 Å². The van der Waals surface area contributed by atoms with Gasteiger partial charge < -0.3 is 29.4 Å². The van der Waals surface area contributed by atoms with Crippen molar-refractivity contribution in [3.05, 3.63) is 153 Å². The topological polar surface area (TPSA) is 108 Å². The summed E-state index contributed by atoms with van der Waals surface area (Å²) in [6.45, 7) is 7.12. The number of ether oxygens (including phenoxy) is 2. The summed E-state index contributed by atoms with van der Waals surface area (Å²) in [6, 6.07) is 32.3. The zero-order valence-corrected chi connectivity index (χ0v) is 39.8. The van der Waals surface area contributed by atoms with E-state index in [1.165, 1.54) is 5.57 Å². The van der Waals surface area contributed by atoms with E-state index in [-0.39, 0.29) is 18.1 Å². The van der Waals surface area contributed by atoms with Crippen molar-refractivity contribution in [2.75, 3.05) is 58.0 Å². The van der Waals surface area contributed by atoms with Gasteiger partial charge in [0.1, 0.15) is 30.5 Å². The van der Waals surface area contributed by atoms with Crippen LogP contribution in [0.5, 0.6) is 5.75 Å². The highest BCUT2D eigenvalue weighted by molar-refractivity contribution is 9.10. The van der Waals surface area contributed by atoms with Gasteiger partial charge in [0.05, 0.1) is 10.5 Å². The van der Waals surface area contributed by atoms with Crippen LogP contribution in [-0.2, 0) is 20.9 Å². The van der Waals surface area contributed by atoms with E-state index in [1.807, 2.05) is 49.4 Å². The number of benzene rings is 4. The molecular formula is C52H61BrN4O6S. The fraction of sp³-hybridized carbons (Fsp3) is 0.346. The first-order chi connectivity index (χ1) is 31.2. The van der Waals surface area contributed by atoms with E-state index in [9.17, 15) is 14.4 Å². The predicted molar refractivity (Wildman–Crippen MR) is 265 cm³/mol. The van der Waals surface area contributed by atoms with Gasteiger partial charge in [0.15, 0.2) is 6.29 Å². The first-order valence-electron chi connectivity index (χ1n) is 21.9. The van der Waals surface area contributed by atoms with Gasteiger partial charge in [-0.3, -0.25) is 19.3 Å². The van der Waals surface area contributed by atoms with Crippen molar-refractivity contribution in [3.8, 4) is 5.75 Å². The summed E-state index contributed by atoms with van der Waals surface area (Å²) >= 11 is 5.28. The smallest absolute Gasteiger partial charge is 0.254 e. The number of rotatable bonds is 21. The Bertz CT molecular complexity index is 2210. The number of anilines is 1. The minimum Gasteiger partial charge on any atom is -0.489 e. The molecule has 6 rings (SSSR count). The lowest BCUT2D eigenvalue weighted by Crippen LogP contribution is -2.46. The molecule has 1 saturated heterocycles. The Balaban J connectivity index is 0.00000185. The molecule has 2 unspecified atom stereocenters. The first-order valence-corrected chi connectivity index (χ1v) is 23.9. The summed E-state index contributed by atoms with van der Waals surface area (Å²) in [5, 5.41) is 2.25. The molecule has 1 heterocycles. The molecule has 4 aromatic rings. The molecule has 2 atom stereocenters. The van der Waals surface area contributed by atoms with Crippen LogP contribution in [-0.4, -0.2) is 99.9 Å². The Labute approximate surface area is 391 Å². The van der Waals surface area contributed by atoms with E-state index in [0.29, 0.717) is 37.0 Å². The molecule has 0 aromatic heterocycles. The molecule has 1 aliphatic carbocycles. The molecule has 4 aromatic carbocycles. The van der Waals surface area contributed by atoms with Crippen LogP contribution < -0.4 is 15.0 Å². The Kier molecular flexibility index (Phi) is 20.4. The molecule has 1 fully saturated rings. The highest BCUT2D eigenvalue weighted by Crippen LogP contribution is 2.38. The van der Waals surface area contributed by atoms with Crippen molar-refractivity contribution >= 4 is 68.9 Å². The van der Waals surface area contributed by atoms with Crippen molar-refractivity contribution in [1.29, 1.82) is 0 Å². The van der Waals surface area contributed by atoms with Crippen LogP contribution in [0.25, 0.3) is 10.7 Å². The van der Waals surface area contributed by atoms with Crippen LogP contribution in [0, 0.1) is 0 Å². The zero-order valence-electron chi connectivity index (χ0n) is 37.4. The number of amides is 2. The van der Waals surface area contributed by atoms with Crippen molar-refractivity contribution in [3.63, 3.8) is 0 Å². The molecule has 64 heavy (non-hydrogen) atoms. The second kappa shape index (κ2) is 26.4.